The minimum Gasteiger partial charge on any atom is -0.496 e. The number of aliphatic hydroxyl groups is 1. The number of methoxy groups -OCH3 is 1. The first-order valence-corrected chi connectivity index (χ1v) is 5.72. The lowest BCUT2D eigenvalue weighted by Gasteiger charge is -2.14. The lowest BCUT2D eigenvalue weighted by Crippen LogP contribution is -2.01. The maximum atomic E-state index is 10.7. The maximum absolute atomic E-state index is 10.7. The van der Waals surface area contributed by atoms with Crippen LogP contribution < -0.4 is 4.74 Å². The Kier molecular flexibility index (Phi) is 4.92. The van der Waals surface area contributed by atoms with E-state index in [1.165, 1.54) is 7.11 Å². The molecule has 0 radical (unpaired) electrons. The molecule has 0 unspecified atom stereocenters. The molecule has 18 heavy (non-hydrogen) atoms. The predicted molar refractivity (Wildman–Crippen MR) is 69.8 cm³/mol. The molecule has 1 aromatic carbocycles. The molecule has 98 valence electrons. The van der Waals surface area contributed by atoms with Gasteiger partial charge in [-0.3, -0.25) is 0 Å². The number of hydrogen-bond acceptors (Lipinski definition) is 3. The highest BCUT2D eigenvalue weighted by Gasteiger charge is 2.12. The molecule has 0 aliphatic rings. The van der Waals surface area contributed by atoms with Gasteiger partial charge >= 0.3 is 5.97 Å². The molecule has 0 bridgehead atoms. The minimum atomic E-state index is -1.09. The molecular weight excluding hydrogens is 232 g/mol. The van der Waals surface area contributed by atoms with Gasteiger partial charge in [-0.05, 0) is 29.2 Å². The van der Waals surface area contributed by atoms with Crippen molar-refractivity contribution >= 4 is 11.5 Å². The van der Waals surface area contributed by atoms with Gasteiger partial charge < -0.3 is 14.9 Å². The van der Waals surface area contributed by atoms with Crippen LogP contribution in [0, 0.1) is 0 Å². The van der Waals surface area contributed by atoms with E-state index < -0.39 is 5.97 Å². The van der Waals surface area contributed by atoms with Crippen LogP contribution in [0.5, 0.6) is 5.75 Å². The lowest BCUT2D eigenvalue weighted by molar-refractivity contribution is -0.131. The molecular formula is C14H18O4. The average molecular weight is 250 g/mol. The summed E-state index contributed by atoms with van der Waals surface area (Å²) in [6, 6.07) is 5.58. The van der Waals surface area contributed by atoms with E-state index in [1.807, 2.05) is 26.0 Å². The molecule has 0 saturated heterocycles. The summed E-state index contributed by atoms with van der Waals surface area (Å²) in [5.74, 6) is -0.212. The highest BCUT2D eigenvalue weighted by Crippen LogP contribution is 2.29. The smallest absolute Gasteiger partial charge is 0.328 e. The molecule has 4 nitrogen and oxygen atoms in total. The predicted octanol–water partition coefficient (Wildman–Crippen LogP) is 2.28. The largest absolute Gasteiger partial charge is 0.496 e. The summed E-state index contributed by atoms with van der Waals surface area (Å²) in [7, 11) is 1.52. The van der Waals surface area contributed by atoms with E-state index in [2.05, 4.69) is 0 Å². The summed E-state index contributed by atoms with van der Waals surface area (Å²) < 4.78 is 5.20. The summed E-state index contributed by atoms with van der Waals surface area (Å²) in [5, 5.41) is 18.1. The van der Waals surface area contributed by atoms with Crippen molar-refractivity contribution in [3.63, 3.8) is 0 Å². The Hall–Kier alpha value is -1.81. The van der Waals surface area contributed by atoms with Crippen LogP contribution >= 0.6 is 0 Å². The Morgan fingerprint density at radius 1 is 1.44 bits per heavy atom. The van der Waals surface area contributed by atoms with Gasteiger partial charge in [0.15, 0.2) is 0 Å². The molecule has 2 N–H and O–H groups in total. The number of rotatable bonds is 5. The van der Waals surface area contributed by atoms with Crippen molar-refractivity contribution in [1.29, 1.82) is 0 Å². The van der Waals surface area contributed by atoms with Crippen LogP contribution in [0.15, 0.2) is 24.3 Å². The van der Waals surface area contributed by atoms with Crippen LogP contribution in [-0.4, -0.2) is 29.9 Å². The van der Waals surface area contributed by atoms with Crippen molar-refractivity contribution in [2.24, 2.45) is 0 Å². The van der Waals surface area contributed by atoms with Gasteiger partial charge in [-0.1, -0.05) is 19.9 Å². The first-order chi connectivity index (χ1) is 8.49. The van der Waals surface area contributed by atoms with E-state index >= 15 is 0 Å². The molecule has 0 atom stereocenters. The molecule has 0 aliphatic heterocycles. The molecule has 0 heterocycles. The van der Waals surface area contributed by atoms with Crippen molar-refractivity contribution in [3.8, 4) is 5.75 Å². The van der Waals surface area contributed by atoms with E-state index in [0.717, 1.165) is 11.6 Å². The normalized spacial score (nSPS) is 11.7. The number of carboxylic acid groups (broad SMARTS) is 1. The molecule has 0 fully saturated rings. The summed E-state index contributed by atoms with van der Waals surface area (Å²) >= 11 is 0. The van der Waals surface area contributed by atoms with Crippen LogP contribution in [0.2, 0.25) is 0 Å². The Labute approximate surface area is 107 Å². The van der Waals surface area contributed by atoms with Gasteiger partial charge in [0.05, 0.1) is 13.7 Å². The van der Waals surface area contributed by atoms with Crippen molar-refractivity contribution < 1.29 is 19.7 Å². The highest BCUT2D eigenvalue weighted by atomic mass is 16.5. The van der Waals surface area contributed by atoms with E-state index in [1.54, 1.807) is 6.07 Å². The first kappa shape index (κ1) is 14.3. The van der Waals surface area contributed by atoms with Crippen LogP contribution in [0.4, 0.5) is 0 Å². The fourth-order valence-corrected chi connectivity index (χ4v) is 1.69. The van der Waals surface area contributed by atoms with Crippen LogP contribution in [0.25, 0.3) is 5.57 Å². The van der Waals surface area contributed by atoms with Crippen molar-refractivity contribution in [3.05, 3.63) is 35.4 Å². The second kappa shape index (κ2) is 6.21. The number of benzene rings is 1. The van der Waals surface area contributed by atoms with Gasteiger partial charge in [0.25, 0.3) is 0 Å². The second-order valence-corrected chi connectivity index (χ2v) is 4.28. The van der Waals surface area contributed by atoms with Crippen LogP contribution in [0.3, 0.4) is 0 Å². The standard InChI is InChI=1S/C14H18O4/c1-9(2)10-4-5-13(18-3)12(6-10)11(8-15)7-14(16)17/h4-7,9,15H,8H2,1-3H3,(H,16,17)/b11-7+. The van der Waals surface area contributed by atoms with Gasteiger partial charge in [-0.15, -0.1) is 0 Å². The molecule has 0 saturated carbocycles. The fraction of sp³-hybridized carbons (Fsp3) is 0.357. The van der Waals surface area contributed by atoms with Crippen LogP contribution in [0.1, 0.15) is 30.9 Å². The Bertz CT molecular complexity index is 461. The molecule has 4 heteroatoms. The summed E-state index contributed by atoms with van der Waals surface area (Å²) in [4.78, 5) is 10.7. The second-order valence-electron chi connectivity index (χ2n) is 4.28. The van der Waals surface area contributed by atoms with Crippen molar-refractivity contribution in [2.45, 2.75) is 19.8 Å². The Morgan fingerprint density at radius 2 is 2.11 bits per heavy atom. The zero-order chi connectivity index (χ0) is 13.7. The van der Waals surface area contributed by atoms with Crippen molar-refractivity contribution in [2.75, 3.05) is 13.7 Å². The third-order valence-electron chi connectivity index (χ3n) is 2.70. The number of ether oxygens (including phenoxy) is 1. The summed E-state index contributed by atoms with van der Waals surface area (Å²) in [6.45, 7) is 3.75. The molecule has 0 aromatic heterocycles. The van der Waals surface area contributed by atoms with Gasteiger partial charge in [0, 0.05) is 11.6 Å². The number of aliphatic hydroxyl groups excluding tert-OH is 1. The van der Waals surface area contributed by atoms with Gasteiger partial charge in [-0.2, -0.15) is 0 Å². The first-order valence-electron chi connectivity index (χ1n) is 5.72. The maximum Gasteiger partial charge on any atom is 0.328 e. The van der Waals surface area contributed by atoms with Crippen LogP contribution in [-0.2, 0) is 4.79 Å². The summed E-state index contributed by atoms with van der Waals surface area (Å²) in [5.41, 5.74) is 2.02. The van der Waals surface area contributed by atoms with Gasteiger partial charge in [0.2, 0.25) is 0 Å². The third kappa shape index (κ3) is 3.34. The topological polar surface area (TPSA) is 66.8 Å². The molecule has 0 aliphatic carbocycles. The van der Waals surface area contributed by atoms with Gasteiger partial charge in [-0.25, -0.2) is 4.79 Å². The highest BCUT2D eigenvalue weighted by molar-refractivity contribution is 5.91. The third-order valence-corrected chi connectivity index (χ3v) is 2.70. The lowest BCUT2D eigenvalue weighted by atomic mass is 9.96. The molecule has 1 aromatic rings. The number of carboxylic acids is 1. The number of aliphatic carboxylic acids is 1. The monoisotopic (exact) mass is 250 g/mol. The average Bonchev–Trinajstić information content (AvgIpc) is 2.34. The minimum absolute atomic E-state index is 0.319. The zero-order valence-corrected chi connectivity index (χ0v) is 10.8. The number of carbonyl (C=O) groups is 1. The van der Waals surface area contributed by atoms with E-state index in [9.17, 15) is 9.90 Å². The molecule has 0 amide bonds. The van der Waals surface area contributed by atoms with E-state index in [-0.39, 0.29) is 6.61 Å². The number of hydrogen-bond donors (Lipinski definition) is 2. The van der Waals surface area contributed by atoms with E-state index in [4.69, 9.17) is 9.84 Å². The SMILES string of the molecule is COc1ccc(C(C)C)cc1/C(=C/C(=O)O)CO. The fourth-order valence-electron chi connectivity index (χ4n) is 1.69. The molecule has 1 rings (SSSR count). The zero-order valence-electron chi connectivity index (χ0n) is 10.8. The van der Waals surface area contributed by atoms with Crippen molar-refractivity contribution in [1.82, 2.24) is 0 Å². The Morgan fingerprint density at radius 3 is 2.56 bits per heavy atom. The molecule has 0 spiro atoms. The summed E-state index contributed by atoms with van der Waals surface area (Å²) in [6.07, 6.45) is 1.00. The quantitative estimate of drug-likeness (QED) is 0.787. The van der Waals surface area contributed by atoms with E-state index in [0.29, 0.717) is 22.8 Å². The van der Waals surface area contributed by atoms with Gasteiger partial charge in [0.1, 0.15) is 5.75 Å². The Balaban J connectivity index is 3.34.